The molecule has 0 radical (unpaired) electrons. The number of aliphatic imine (C=N–C) groups is 1. The fraction of sp³-hybridized carbons (Fsp3) is 0.105. The molecule has 122 valence electrons. The molecule has 0 spiro atoms. The molecule has 4 rings (SSSR count). The number of para-hydroxylation sites is 1. The Balaban J connectivity index is 1.81. The minimum absolute atomic E-state index is 0.514. The maximum absolute atomic E-state index is 9.36. The zero-order chi connectivity index (χ0) is 17.2. The van der Waals surface area contributed by atoms with Gasteiger partial charge in [-0.1, -0.05) is 18.2 Å². The van der Waals surface area contributed by atoms with Crippen LogP contribution in [0.5, 0.6) is 0 Å². The number of fused-ring (bicyclic) bond motifs is 2. The maximum atomic E-state index is 9.36. The van der Waals surface area contributed by atoms with Gasteiger partial charge in [-0.25, -0.2) is 9.98 Å². The normalized spacial score (nSPS) is 11.4. The van der Waals surface area contributed by atoms with Crippen molar-refractivity contribution in [2.45, 2.75) is 6.92 Å². The lowest BCUT2D eigenvalue weighted by Crippen LogP contribution is -1.84. The third kappa shape index (κ3) is 2.75. The zero-order valence-electron chi connectivity index (χ0n) is 13.4. The molecule has 0 fully saturated rings. The van der Waals surface area contributed by atoms with Crippen molar-refractivity contribution in [3.05, 3.63) is 47.3 Å². The molecule has 0 saturated carbocycles. The SMILES string of the molecule is CCOC=Nc1c(C#N)sc2nc(-c3cc4ccccc4o3)ccc12. The van der Waals surface area contributed by atoms with Crippen molar-refractivity contribution in [2.24, 2.45) is 4.99 Å². The van der Waals surface area contributed by atoms with Crippen molar-refractivity contribution >= 4 is 44.6 Å². The smallest absolute Gasteiger partial charge is 0.174 e. The maximum Gasteiger partial charge on any atom is 0.174 e. The standard InChI is InChI=1S/C19H13N3O2S/c1-2-23-11-21-18-13-7-8-14(22-19(13)25-17(18)10-20)16-9-12-5-3-4-6-15(12)24-16/h3-9,11H,2H2,1H3. The summed E-state index contributed by atoms with van der Waals surface area (Å²) >= 11 is 1.31. The fourth-order valence-corrected chi connectivity index (χ4v) is 3.50. The van der Waals surface area contributed by atoms with Gasteiger partial charge in [-0.15, -0.1) is 11.3 Å². The van der Waals surface area contributed by atoms with Gasteiger partial charge in [0.1, 0.15) is 32.7 Å². The summed E-state index contributed by atoms with van der Waals surface area (Å²) in [6, 6.07) is 15.8. The first-order valence-electron chi connectivity index (χ1n) is 7.77. The molecule has 0 aliphatic heterocycles. The van der Waals surface area contributed by atoms with Crippen molar-refractivity contribution in [3.63, 3.8) is 0 Å². The zero-order valence-corrected chi connectivity index (χ0v) is 14.2. The third-order valence-electron chi connectivity index (χ3n) is 3.73. The van der Waals surface area contributed by atoms with Crippen molar-refractivity contribution < 1.29 is 9.15 Å². The second kappa shape index (κ2) is 6.38. The van der Waals surface area contributed by atoms with Gasteiger partial charge in [-0.3, -0.25) is 0 Å². The molecule has 6 heteroatoms. The second-order valence-electron chi connectivity index (χ2n) is 5.28. The van der Waals surface area contributed by atoms with Crippen molar-refractivity contribution in [2.75, 3.05) is 6.61 Å². The lowest BCUT2D eigenvalue weighted by atomic mass is 10.2. The predicted octanol–water partition coefficient (Wildman–Crippen LogP) is 5.28. The van der Waals surface area contributed by atoms with Crippen LogP contribution in [0, 0.1) is 11.3 Å². The Kier molecular flexibility index (Phi) is 3.92. The Morgan fingerprint density at radius 2 is 2.20 bits per heavy atom. The van der Waals surface area contributed by atoms with Crippen molar-refractivity contribution in [3.8, 4) is 17.5 Å². The number of ether oxygens (including phenoxy) is 1. The number of hydrogen-bond acceptors (Lipinski definition) is 6. The highest BCUT2D eigenvalue weighted by Gasteiger charge is 2.15. The molecule has 3 heterocycles. The van der Waals surface area contributed by atoms with Crippen molar-refractivity contribution in [1.29, 1.82) is 5.26 Å². The topological polar surface area (TPSA) is 71.4 Å². The summed E-state index contributed by atoms with van der Waals surface area (Å²) in [4.78, 5) is 10.2. The van der Waals surface area contributed by atoms with E-state index in [2.05, 4.69) is 16.0 Å². The van der Waals surface area contributed by atoms with Crippen LogP contribution < -0.4 is 0 Å². The molecule has 5 nitrogen and oxygen atoms in total. The first kappa shape index (κ1) is 15.4. The molecular weight excluding hydrogens is 334 g/mol. The number of hydrogen-bond donors (Lipinski definition) is 0. The molecular formula is C19H13N3O2S. The van der Waals surface area contributed by atoms with Gasteiger partial charge in [0, 0.05) is 10.8 Å². The first-order valence-corrected chi connectivity index (χ1v) is 8.58. The summed E-state index contributed by atoms with van der Waals surface area (Å²) in [5.74, 6) is 0.703. The molecule has 25 heavy (non-hydrogen) atoms. The van der Waals surface area contributed by atoms with E-state index in [1.165, 1.54) is 17.7 Å². The van der Waals surface area contributed by atoms with Gasteiger partial charge < -0.3 is 9.15 Å². The van der Waals surface area contributed by atoms with E-state index in [4.69, 9.17) is 9.15 Å². The molecule has 1 aromatic carbocycles. The minimum Gasteiger partial charge on any atom is -0.483 e. The van der Waals surface area contributed by atoms with E-state index >= 15 is 0 Å². The van der Waals surface area contributed by atoms with Crippen LogP contribution in [0.3, 0.4) is 0 Å². The Morgan fingerprint density at radius 3 is 3.00 bits per heavy atom. The Labute approximate surface area is 147 Å². The molecule has 0 amide bonds. The van der Waals surface area contributed by atoms with Gasteiger partial charge in [0.2, 0.25) is 0 Å². The van der Waals surface area contributed by atoms with Crippen molar-refractivity contribution in [1.82, 2.24) is 4.98 Å². The van der Waals surface area contributed by atoms with E-state index in [0.29, 0.717) is 22.9 Å². The molecule has 0 atom stereocenters. The number of thiophene rings is 1. The van der Waals surface area contributed by atoms with Crippen LogP contribution in [0.1, 0.15) is 11.8 Å². The molecule has 0 aliphatic rings. The highest BCUT2D eigenvalue weighted by molar-refractivity contribution is 7.19. The molecule has 0 aliphatic carbocycles. The van der Waals surface area contributed by atoms with Crippen LogP contribution in [-0.2, 0) is 4.74 Å². The summed E-state index contributed by atoms with van der Waals surface area (Å²) in [6.07, 6.45) is 1.37. The van der Waals surface area contributed by atoms with Crippen LogP contribution in [0.25, 0.3) is 32.6 Å². The number of nitrogens with zero attached hydrogens (tertiary/aromatic N) is 3. The number of aromatic nitrogens is 1. The summed E-state index contributed by atoms with van der Waals surface area (Å²) in [5.41, 5.74) is 2.15. The van der Waals surface area contributed by atoms with Gasteiger partial charge in [0.05, 0.1) is 6.61 Å². The molecule has 4 aromatic rings. The summed E-state index contributed by atoms with van der Waals surface area (Å²) in [5, 5.41) is 11.2. The highest BCUT2D eigenvalue weighted by Crippen LogP contribution is 2.38. The van der Waals surface area contributed by atoms with Gasteiger partial charge >= 0.3 is 0 Å². The quantitative estimate of drug-likeness (QED) is 0.372. The van der Waals surface area contributed by atoms with E-state index in [1.807, 2.05) is 49.4 Å². The highest BCUT2D eigenvalue weighted by atomic mass is 32.1. The van der Waals surface area contributed by atoms with Crippen LogP contribution in [0.15, 0.2) is 51.9 Å². The van der Waals surface area contributed by atoms with E-state index < -0.39 is 0 Å². The average molecular weight is 347 g/mol. The second-order valence-corrected chi connectivity index (χ2v) is 6.28. The van der Waals surface area contributed by atoms with E-state index in [0.717, 1.165) is 26.9 Å². The summed E-state index contributed by atoms with van der Waals surface area (Å²) in [7, 11) is 0. The van der Waals surface area contributed by atoms with Crippen LogP contribution in [0.4, 0.5) is 5.69 Å². The van der Waals surface area contributed by atoms with Gasteiger partial charge in [-0.2, -0.15) is 5.26 Å². The molecule has 3 aromatic heterocycles. The Morgan fingerprint density at radius 1 is 1.32 bits per heavy atom. The molecule has 0 saturated heterocycles. The number of furan rings is 1. The van der Waals surface area contributed by atoms with Gasteiger partial charge in [0.15, 0.2) is 12.2 Å². The van der Waals surface area contributed by atoms with E-state index in [1.54, 1.807) is 0 Å². The average Bonchev–Trinajstić information content (AvgIpc) is 3.22. The Hall–Kier alpha value is -3.17. The van der Waals surface area contributed by atoms with Gasteiger partial charge in [0.25, 0.3) is 0 Å². The first-order chi connectivity index (χ1) is 12.3. The number of rotatable bonds is 4. The lowest BCUT2D eigenvalue weighted by Gasteiger charge is -1.97. The van der Waals surface area contributed by atoms with E-state index in [-0.39, 0.29) is 0 Å². The minimum atomic E-state index is 0.514. The lowest BCUT2D eigenvalue weighted by molar-refractivity contribution is 0.344. The summed E-state index contributed by atoms with van der Waals surface area (Å²) < 4.78 is 11.0. The number of benzene rings is 1. The largest absolute Gasteiger partial charge is 0.483 e. The van der Waals surface area contributed by atoms with Crippen LogP contribution in [0.2, 0.25) is 0 Å². The third-order valence-corrected chi connectivity index (χ3v) is 4.73. The monoisotopic (exact) mass is 347 g/mol. The predicted molar refractivity (Wildman–Crippen MR) is 99.3 cm³/mol. The summed E-state index contributed by atoms with van der Waals surface area (Å²) in [6.45, 7) is 2.41. The number of pyridine rings is 1. The fourth-order valence-electron chi connectivity index (χ4n) is 2.58. The van der Waals surface area contributed by atoms with E-state index in [9.17, 15) is 5.26 Å². The van der Waals surface area contributed by atoms with Gasteiger partial charge in [-0.05, 0) is 31.2 Å². The van der Waals surface area contributed by atoms with Crippen LogP contribution in [-0.4, -0.2) is 18.0 Å². The van der Waals surface area contributed by atoms with Crippen LogP contribution >= 0.6 is 11.3 Å². The molecule has 0 unspecified atom stereocenters. The molecule has 0 bridgehead atoms. The Bertz CT molecular complexity index is 1100. The molecule has 0 N–H and O–H groups in total. The number of nitriles is 1.